The second-order valence-corrected chi connectivity index (χ2v) is 10.1. The van der Waals surface area contributed by atoms with E-state index in [9.17, 15) is 0 Å². The lowest BCUT2D eigenvalue weighted by Gasteiger charge is -2.19. The SMILES string of the molecule is Cl.c1ccc(-c2c3c(nc4sc5c(c24)CCCC5)CCCCCCCCCC3)cc1. The van der Waals surface area contributed by atoms with E-state index >= 15 is 0 Å². The van der Waals surface area contributed by atoms with Crippen LogP contribution in [0.3, 0.4) is 0 Å². The van der Waals surface area contributed by atoms with Crippen molar-refractivity contribution in [3.8, 4) is 11.1 Å². The van der Waals surface area contributed by atoms with Crippen LogP contribution < -0.4 is 0 Å². The molecule has 0 fully saturated rings. The van der Waals surface area contributed by atoms with Crippen molar-refractivity contribution in [3.63, 3.8) is 0 Å². The molecule has 30 heavy (non-hydrogen) atoms. The van der Waals surface area contributed by atoms with Crippen LogP contribution in [0.2, 0.25) is 0 Å². The zero-order valence-electron chi connectivity index (χ0n) is 18.0. The minimum absolute atomic E-state index is 0. The second kappa shape index (κ2) is 10.3. The summed E-state index contributed by atoms with van der Waals surface area (Å²) in [5, 5.41) is 1.52. The molecule has 2 heterocycles. The Labute approximate surface area is 191 Å². The molecule has 0 unspecified atom stereocenters. The number of nitrogens with zero attached hydrogens (tertiary/aromatic N) is 1. The van der Waals surface area contributed by atoms with Crippen LogP contribution in [0.4, 0.5) is 0 Å². The van der Waals surface area contributed by atoms with Crippen LogP contribution in [0.15, 0.2) is 30.3 Å². The molecule has 5 rings (SSSR count). The minimum Gasteiger partial charge on any atom is -0.242 e. The lowest BCUT2D eigenvalue weighted by Crippen LogP contribution is -2.05. The summed E-state index contributed by atoms with van der Waals surface area (Å²) >= 11 is 2.00. The topological polar surface area (TPSA) is 12.9 Å². The zero-order valence-corrected chi connectivity index (χ0v) is 19.7. The third-order valence-electron chi connectivity index (χ3n) is 6.94. The van der Waals surface area contributed by atoms with E-state index in [1.54, 1.807) is 21.6 Å². The molecule has 3 aromatic rings. The average Bonchev–Trinajstić information content (AvgIpc) is 3.12. The van der Waals surface area contributed by atoms with Gasteiger partial charge >= 0.3 is 0 Å². The molecule has 0 N–H and O–H groups in total. The Balaban J connectivity index is 0.00000218. The van der Waals surface area contributed by atoms with Crippen molar-refractivity contribution >= 4 is 34.0 Å². The first-order valence-corrected chi connectivity index (χ1v) is 12.7. The molecule has 0 atom stereocenters. The summed E-state index contributed by atoms with van der Waals surface area (Å²) in [6.45, 7) is 0. The lowest BCUT2D eigenvalue weighted by atomic mass is 9.87. The van der Waals surface area contributed by atoms with E-state index in [2.05, 4.69) is 30.3 Å². The summed E-state index contributed by atoms with van der Waals surface area (Å²) in [7, 11) is 0. The molecule has 1 nitrogen and oxygen atoms in total. The van der Waals surface area contributed by atoms with Crippen LogP contribution in [-0.4, -0.2) is 4.98 Å². The van der Waals surface area contributed by atoms with Crippen molar-refractivity contribution in [2.24, 2.45) is 0 Å². The second-order valence-electron chi connectivity index (χ2n) is 9.00. The molecule has 3 heteroatoms. The van der Waals surface area contributed by atoms with Crippen molar-refractivity contribution in [1.29, 1.82) is 0 Å². The fourth-order valence-electron chi connectivity index (χ4n) is 5.43. The molecule has 0 amide bonds. The minimum atomic E-state index is 0. The summed E-state index contributed by atoms with van der Waals surface area (Å²) in [4.78, 5) is 8.30. The maximum Gasteiger partial charge on any atom is 0.124 e. The fraction of sp³-hybridized carbons (Fsp3) is 0.519. The zero-order chi connectivity index (χ0) is 19.5. The Morgan fingerprint density at radius 3 is 2.00 bits per heavy atom. The van der Waals surface area contributed by atoms with Crippen molar-refractivity contribution in [2.45, 2.75) is 89.9 Å². The highest BCUT2D eigenvalue weighted by molar-refractivity contribution is 7.19. The number of hydrogen-bond donors (Lipinski definition) is 0. The lowest BCUT2D eigenvalue weighted by molar-refractivity contribution is 0.558. The van der Waals surface area contributed by atoms with Crippen molar-refractivity contribution in [1.82, 2.24) is 4.98 Å². The molecule has 0 saturated carbocycles. The van der Waals surface area contributed by atoms with E-state index in [1.807, 2.05) is 11.3 Å². The molecule has 160 valence electrons. The fourth-order valence-corrected chi connectivity index (χ4v) is 6.72. The summed E-state index contributed by atoms with van der Waals surface area (Å²) in [6.07, 6.45) is 18.5. The van der Waals surface area contributed by atoms with Gasteiger partial charge in [0.25, 0.3) is 0 Å². The third kappa shape index (κ3) is 4.46. The molecule has 0 saturated heterocycles. The monoisotopic (exact) mass is 439 g/mol. The molecule has 0 aliphatic heterocycles. The van der Waals surface area contributed by atoms with Gasteiger partial charge in [-0.2, -0.15) is 0 Å². The van der Waals surface area contributed by atoms with E-state index in [-0.39, 0.29) is 12.4 Å². The Morgan fingerprint density at radius 2 is 1.23 bits per heavy atom. The van der Waals surface area contributed by atoms with Gasteiger partial charge in [-0.25, -0.2) is 4.98 Å². The number of aromatic nitrogens is 1. The van der Waals surface area contributed by atoms with Gasteiger partial charge in [-0.3, -0.25) is 0 Å². The van der Waals surface area contributed by atoms with Gasteiger partial charge in [0.1, 0.15) is 4.83 Å². The Hall–Kier alpha value is -1.38. The van der Waals surface area contributed by atoms with E-state index in [1.165, 1.54) is 105 Å². The summed E-state index contributed by atoms with van der Waals surface area (Å²) < 4.78 is 0. The Kier molecular flexibility index (Phi) is 7.49. The molecular formula is C27H34ClNS. The predicted octanol–water partition coefficient (Wildman–Crippen LogP) is 8.48. The Bertz CT molecular complexity index is 976. The van der Waals surface area contributed by atoms with Crippen LogP contribution in [0.25, 0.3) is 21.3 Å². The number of hydrogen-bond acceptors (Lipinski definition) is 2. The summed E-state index contributed by atoms with van der Waals surface area (Å²) in [5.74, 6) is 0. The largest absolute Gasteiger partial charge is 0.242 e. The van der Waals surface area contributed by atoms with Gasteiger partial charge in [-0.05, 0) is 73.6 Å². The number of fused-ring (bicyclic) bond motifs is 4. The normalized spacial score (nSPS) is 17.9. The van der Waals surface area contributed by atoms with E-state index in [0.29, 0.717) is 0 Å². The predicted molar refractivity (Wildman–Crippen MR) is 133 cm³/mol. The molecule has 2 aromatic heterocycles. The molecule has 0 bridgehead atoms. The van der Waals surface area contributed by atoms with Crippen LogP contribution in [-0.2, 0) is 25.7 Å². The number of halogens is 1. The molecule has 0 spiro atoms. The first-order valence-electron chi connectivity index (χ1n) is 11.9. The quantitative estimate of drug-likeness (QED) is 0.370. The number of thiophene rings is 1. The van der Waals surface area contributed by atoms with Gasteiger partial charge in [0.15, 0.2) is 0 Å². The van der Waals surface area contributed by atoms with Crippen LogP contribution in [0.5, 0.6) is 0 Å². The van der Waals surface area contributed by atoms with Crippen LogP contribution >= 0.6 is 23.7 Å². The number of pyridine rings is 1. The third-order valence-corrected chi connectivity index (χ3v) is 8.13. The highest BCUT2D eigenvalue weighted by atomic mass is 35.5. The van der Waals surface area contributed by atoms with Crippen molar-refractivity contribution < 1.29 is 0 Å². The Morgan fingerprint density at radius 1 is 0.633 bits per heavy atom. The molecule has 2 aliphatic carbocycles. The maximum absolute atomic E-state index is 5.35. The average molecular weight is 440 g/mol. The van der Waals surface area contributed by atoms with Gasteiger partial charge in [-0.15, -0.1) is 23.7 Å². The number of aryl methyl sites for hydroxylation is 3. The number of rotatable bonds is 1. The van der Waals surface area contributed by atoms with E-state index in [0.717, 1.165) is 6.42 Å². The smallest absolute Gasteiger partial charge is 0.124 e. The molecule has 1 aromatic carbocycles. The first kappa shape index (κ1) is 21.8. The standard InChI is InChI=1S/C27H33NS.ClH/c1-2-4-6-11-18-23-21(16-10-5-3-1)25(20-14-8-7-9-15-20)26-22-17-12-13-19-24(22)29-27(26)28-23;/h7-9,14-15H,1-6,10-13,16-19H2;1H. The highest BCUT2D eigenvalue weighted by Crippen LogP contribution is 2.43. The van der Waals surface area contributed by atoms with Crippen molar-refractivity contribution in [2.75, 3.05) is 0 Å². The van der Waals surface area contributed by atoms with Gasteiger partial charge < -0.3 is 0 Å². The van der Waals surface area contributed by atoms with Crippen molar-refractivity contribution in [3.05, 3.63) is 52.0 Å². The van der Waals surface area contributed by atoms with Gasteiger partial charge in [-0.1, -0.05) is 68.9 Å². The van der Waals surface area contributed by atoms with E-state index in [4.69, 9.17) is 4.98 Å². The van der Waals surface area contributed by atoms with Crippen LogP contribution in [0, 0.1) is 0 Å². The molecular weight excluding hydrogens is 406 g/mol. The summed E-state index contributed by atoms with van der Waals surface area (Å²) in [5.41, 5.74) is 7.58. The van der Waals surface area contributed by atoms with Gasteiger partial charge in [0.2, 0.25) is 0 Å². The molecule has 0 radical (unpaired) electrons. The van der Waals surface area contributed by atoms with Crippen LogP contribution in [0.1, 0.15) is 85.9 Å². The molecule has 2 aliphatic rings. The van der Waals surface area contributed by atoms with Gasteiger partial charge in [0.05, 0.1) is 0 Å². The highest BCUT2D eigenvalue weighted by Gasteiger charge is 2.24. The van der Waals surface area contributed by atoms with Gasteiger partial charge in [0, 0.05) is 16.0 Å². The number of benzene rings is 1. The van der Waals surface area contributed by atoms with E-state index < -0.39 is 0 Å². The maximum atomic E-state index is 5.35. The first-order chi connectivity index (χ1) is 14.4. The summed E-state index contributed by atoms with van der Waals surface area (Å²) in [6, 6.07) is 11.2.